The SMILES string of the molecule is CC(C)COCCNc1ccc(S(=O)(=O)N(C)C)cc1. The van der Waals surface area contributed by atoms with E-state index in [9.17, 15) is 8.42 Å². The van der Waals surface area contributed by atoms with Gasteiger partial charge >= 0.3 is 0 Å². The van der Waals surface area contributed by atoms with Crippen LogP contribution in [-0.2, 0) is 14.8 Å². The van der Waals surface area contributed by atoms with E-state index in [4.69, 9.17) is 4.74 Å². The van der Waals surface area contributed by atoms with Crippen molar-refractivity contribution in [3.05, 3.63) is 24.3 Å². The van der Waals surface area contributed by atoms with Crippen LogP contribution in [0.25, 0.3) is 0 Å². The van der Waals surface area contributed by atoms with Gasteiger partial charge in [-0.25, -0.2) is 12.7 Å². The van der Waals surface area contributed by atoms with Gasteiger partial charge in [0.15, 0.2) is 0 Å². The number of anilines is 1. The number of hydrogen-bond acceptors (Lipinski definition) is 4. The third-order valence-corrected chi connectivity index (χ3v) is 4.49. The van der Waals surface area contributed by atoms with Crippen molar-refractivity contribution < 1.29 is 13.2 Å². The molecule has 0 unspecified atom stereocenters. The van der Waals surface area contributed by atoms with Crippen LogP contribution in [0.5, 0.6) is 0 Å². The van der Waals surface area contributed by atoms with Crippen LogP contribution in [0.4, 0.5) is 5.69 Å². The van der Waals surface area contributed by atoms with Crippen LogP contribution >= 0.6 is 0 Å². The van der Waals surface area contributed by atoms with Gasteiger partial charge in [0, 0.05) is 32.9 Å². The third-order valence-electron chi connectivity index (χ3n) is 2.66. The average molecular weight is 300 g/mol. The number of benzene rings is 1. The second kappa shape index (κ2) is 7.61. The molecule has 0 atom stereocenters. The Morgan fingerprint density at radius 1 is 1.20 bits per heavy atom. The normalized spacial score (nSPS) is 12.1. The van der Waals surface area contributed by atoms with Gasteiger partial charge < -0.3 is 10.1 Å². The molecule has 0 radical (unpaired) electrons. The van der Waals surface area contributed by atoms with Crippen molar-refractivity contribution >= 4 is 15.7 Å². The van der Waals surface area contributed by atoms with E-state index in [0.717, 1.165) is 12.3 Å². The van der Waals surface area contributed by atoms with Crippen LogP contribution in [0, 0.1) is 5.92 Å². The van der Waals surface area contributed by atoms with E-state index < -0.39 is 10.0 Å². The molecule has 0 saturated carbocycles. The first kappa shape index (κ1) is 16.9. The standard InChI is InChI=1S/C14H24N2O3S/c1-12(2)11-19-10-9-15-13-5-7-14(8-6-13)20(17,18)16(3)4/h5-8,12,15H,9-11H2,1-4H3. The molecule has 114 valence electrons. The van der Waals surface area contributed by atoms with E-state index in [1.165, 1.54) is 18.4 Å². The van der Waals surface area contributed by atoms with Crippen molar-refractivity contribution in [2.45, 2.75) is 18.7 Å². The lowest BCUT2D eigenvalue weighted by Crippen LogP contribution is -2.22. The minimum atomic E-state index is -3.35. The summed E-state index contributed by atoms with van der Waals surface area (Å²) in [7, 11) is -0.309. The van der Waals surface area contributed by atoms with E-state index in [1.54, 1.807) is 24.3 Å². The number of sulfonamides is 1. The smallest absolute Gasteiger partial charge is 0.242 e. The quantitative estimate of drug-likeness (QED) is 0.746. The first-order chi connectivity index (χ1) is 9.34. The van der Waals surface area contributed by atoms with Crippen LogP contribution in [-0.4, -0.2) is 46.6 Å². The Morgan fingerprint density at radius 3 is 2.30 bits per heavy atom. The molecule has 6 heteroatoms. The summed E-state index contributed by atoms with van der Waals surface area (Å²) in [6, 6.07) is 6.73. The molecular formula is C14H24N2O3S. The Bertz CT molecular complexity index is 496. The molecule has 0 aliphatic carbocycles. The van der Waals surface area contributed by atoms with E-state index >= 15 is 0 Å². The van der Waals surface area contributed by atoms with Gasteiger partial charge in [0.05, 0.1) is 11.5 Å². The highest BCUT2D eigenvalue weighted by Crippen LogP contribution is 2.16. The predicted molar refractivity (Wildman–Crippen MR) is 81.5 cm³/mol. The molecule has 5 nitrogen and oxygen atoms in total. The van der Waals surface area contributed by atoms with Crippen molar-refractivity contribution in [1.82, 2.24) is 4.31 Å². The Balaban J connectivity index is 2.48. The highest BCUT2D eigenvalue weighted by atomic mass is 32.2. The summed E-state index contributed by atoms with van der Waals surface area (Å²) < 4.78 is 30.4. The van der Waals surface area contributed by atoms with Crippen molar-refractivity contribution in [2.24, 2.45) is 5.92 Å². The summed E-state index contributed by atoms with van der Waals surface area (Å²) in [6.07, 6.45) is 0. The molecule has 0 heterocycles. The highest BCUT2D eigenvalue weighted by molar-refractivity contribution is 7.89. The molecule has 1 aromatic rings. The van der Waals surface area contributed by atoms with E-state index in [2.05, 4.69) is 19.2 Å². The van der Waals surface area contributed by atoms with Gasteiger partial charge in [-0.05, 0) is 30.2 Å². The van der Waals surface area contributed by atoms with Gasteiger partial charge in [0.2, 0.25) is 10.0 Å². The fourth-order valence-corrected chi connectivity index (χ4v) is 2.44. The zero-order chi connectivity index (χ0) is 15.2. The molecule has 1 rings (SSSR count). The molecule has 0 aromatic heterocycles. The summed E-state index contributed by atoms with van der Waals surface area (Å²) in [5, 5.41) is 3.19. The third kappa shape index (κ3) is 5.11. The molecule has 0 spiro atoms. The minimum absolute atomic E-state index is 0.295. The largest absolute Gasteiger partial charge is 0.383 e. The lowest BCUT2D eigenvalue weighted by atomic mass is 10.2. The van der Waals surface area contributed by atoms with Gasteiger partial charge in [-0.15, -0.1) is 0 Å². The van der Waals surface area contributed by atoms with Crippen molar-refractivity contribution in [3.8, 4) is 0 Å². The van der Waals surface area contributed by atoms with Crippen LogP contribution in [0.1, 0.15) is 13.8 Å². The molecule has 0 saturated heterocycles. The average Bonchev–Trinajstić information content (AvgIpc) is 2.38. The maximum absolute atomic E-state index is 11.9. The molecule has 0 fully saturated rings. The second-order valence-electron chi connectivity index (χ2n) is 5.21. The van der Waals surface area contributed by atoms with Crippen LogP contribution < -0.4 is 5.32 Å². The van der Waals surface area contributed by atoms with E-state index in [-0.39, 0.29) is 0 Å². The van der Waals surface area contributed by atoms with E-state index in [1.807, 2.05) is 0 Å². The topological polar surface area (TPSA) is 58.6 Å². The van der Waals surface area contributed by atoms with Crippen LogP contribution in [0.15, 0.2) is 29.2 Å². The monoisotopic (exact) mass is 300 g/mol. The molecule has 1 aromatic carbocycles. The Morgan fingerprint density at radius 2 is 1.80 bits per heavy atom. The summed E-state index contributed by atoms with van der Waals surface area (Å²) in [4.78, 5) is 0.295. The first-order valence-electron chi connectivity index (χ1n) is 6.68. The lowest BCUT2D eigenvalue weighted by Gasteiger charge is -2.12. The fraction of sp³-hybridized carbons (Fsp3) is 0.571. The van der Waals surface area contributed by atoms with Crippen LogP contribution in [0.3, 0.4) is 0 Å². The first-order valence-corrected chi connectivity index (χ1v) is 8.12. The van der Waals surface area contributed by atoms with Gasteiger partial charge in [-0.1, -0.05) is 13.8 Å². The fourth-order valence-electron chi connectivity index (χ4n) is 1.54. The molecule has 1 N–H and O–H groups in total. The Kier molecular flexibility index (Phi) is 6.45. The summed E-state index contributed by atoms with van der Waals surface area (Å²) in [6.45, 7) is 6.30. The van der Waals surface area contributed by atoms with Crippen molar-refractivity contribution in [1.29, 1.82) is 0 Å². The molecule has 0 aliphatic rings. The summed E-state index contributed by atoms with van der Waals surface area (Å²) in [5.74, 6) is 0.533. The maximum atomic E-state index is 11.9. The predicted octanol–water partition coefficient (Wildman–Crippen LogP) is 2.02. The van der Waals surface area contributed by atoms with Crippen molar-refractivity contribution in [2.75, 3.05) is 39.2 Å². The lowest BCUT2D eigenvalue weighted by molar-refractivity contribution is 0.118. The number of nitrogens with one attached hydrogen (secondary N) is 1. The number of rotatable bonds is 8. The molecule has 20 heavy (non-hydrogen) atoms. The van der Waals surface area contributed by atoms with Gasteiger partial charge in [0.1, 0.15) is 0 Å². The minimum Gasteiger partial charge on any atom is -0.383 e. The number of hydrogen-bond donors (Lipinski definition) is 1. The summed E-state index contributed by atoms with van der Waals surface area (Å²) in [5.41, 5.74) is 0.885. The zero-order valence-corrected chi connectivity index (χ0v) is 13.4. The van der Waals surface area contributed by atoms with Crippen LogP contribution in [0.2, 0.25) is 0 Å². The summed E-state index contributed by atoms with van der Waals surface area (Å²) >= 11 is 0. The highest BCUT2D eigenvalue weighted by Gasteiger charge is 2.16. The Hall–Kier alpha value is -1.11. The number of nitrogens with zero attached hydrogens (tertiary/aromatic N) is 1. The Labute approximate surface area is 122 Å². The molecule has 0 aliphatic heterocycles. The zero-order valence-electron chi connectivity index (χ0n) is 12.6. The number of ether oxygens (including phenoxy) is 1. The van der Waals surface area contributed by atoms with Gasteiger partial charge in [-0.2, -0.15) is 0 Å². The molecular weight excluding hydrogens is 276 g/mol. The van der Waals surface area contributed by atoms with E-state index in [0.29, 0.717) is 24.0 Å². The van der Waals surface area contributed by atoms with Crippen molar-refractivity contribution in [3.63, 3.8) is 0 Å². The van der Waals surface area contributed by atoms with Gasteiger partial charge in [-0.3, -0.25) is 0 Å². The second-order valence-corrected chi connectivity index (χ2v) is 7.36. The maximum Gasteiger partial charge on any atom is 0.242 e. The van der Waals surface area contributed by atoms with Gasteiger partial charge in [0.25, 0.3) is 0 Å². The molecule has 0 bridgehead atoms. The molecule has 0 amide bonds.